The molecule has 0 fully saturated rings. The number of hydrogen-bond donors (Lipinski definition) is 2. The predicted octanol–water partition coefficient (Wildman–Crippen LogP) is 8.82. The third-order valence-corrected chi connectivity index (χ3v) is 9.68. The van der Waals surface area contributed by atoms with Gasteiger partial charge in [-0.2, -0.15) is 0 Å². The standard InChI is InChI=1S/C41H35ClFN3O6/c42-30-12-16-38-35(23-30)45-39(52-38)27-8-6-26(7-9-27)24-51-37-17-13-31(43)22-29(37)19-21-46(20-18-25-4-10-28(11-5-25)40(47)48)36-3-1-2-33-32(36)14-15-34(44-33)41(49)50/h4-17,22-23,36H,1-3,18-21,24H2,(H,47,48)(H,49,50). The number of halogens is 2. The highest BCUT2D eigenvalue weighted by atomic mass is 35.5. The number of carboxylic acids is 2. The van der Waals surface area contributed by atoms with Gasteiger partial charge >= 0.3 is 11.9 Å². The Kier molecular flexibility index (Phi) is 10.3. The van der Waals surface area contributed by atoms with E-state index in [2.05, 4.69) is 14.9 Å². The van der Waals surface area contributed by atoms with Crippen LogP contribution in [-0.2, 0) is 25.9 Å². The fourth-order valence-corrected chi connectivity index (χ4v) is 6.89. The molecule has 264 valence electrons. The minimum atomic E-state index is -1.06. The second kappa shape index (κ2) is 15.3. The molecule has 2 N–H and O–H groups in total. The van der Waals surface area contributed by atoms with Crippen LogP contribution in [0.1, 0.15) is 67.7 Å². The molecule has 0 radical (unpaired) electrons. The van der Waals surface area contributed by atoms with E-state index in [4.69, 9.17) is 20.8 Å². The lowest BCUT2D eigenvalue weighted by atomic mass is 9.89. The van der Waals surface area contributed by atoms with Crippen LogP contribution in [0.25, 0.3) is 22.6 Å². The highest BCUT2D eigenvalue weighted by molar-refractivity contribution is 6.31. The summed E-state index contributed by atoms with van der Waals surface area (Å²) in [5, 5.41) is 19.4. The molecule has 7 rings (SSSR count). The van der Waals surface area contributed by atoms with Crippen molar-refractivity contribution in [3.63, 3.8) is 0 Å². The largest absolute Gasteiger partial charge is 0.489 e. The van der Waals surface area contributed by atoms with Gasteiger partial charge in [0.15, 0.2) is 5.58 Å². The average molecular weight is 720 g/mol. The molecular weight excluding hydrogens is 685 g/mol. The zero-order valence-corrected chi connectivity index (χ0v) is 28.9. The Hall–Kier alpha value is -5.58. The monoisotopic (exact) mass is 719 g/mol. The Morgan fingerprint density at radius 1 is 0.865 bits per heavy atom. The lowest BCUT2D eigenvalue weighted by Crippen LogP contribution is -2.35. The number of carbonyl (C=O) groups is 2. The summed E-state index contributed by atoms with van der Waals surface area (Å²) in [7, 11) is 0. The van der Waals surface area contributed by atoms with Crippen molar-refractivity contribution in [1.29, 1.82) is 0 Å². The van der Waals surface area contributed by atoms with Crippen LogP contribution in [-0.4, -0.2) is 50.1 Å². The summed E-state index contributed by atoms with van der Waals surface area (Å²) in [6, 6.07) is 27.8. The van der Waals surface area contributed by atoms with E-state index in [1.165, 1.54) is 12.1 Å². The number of benzene rings is 4. The summed E-state index contributed by atoms with van der Waals surface area (Å²) in [6.07, 6.45) is 3.57. The molecule has 1 unspecified atom stereocenters. The summed E-state index contributed by atoms with van der Waals surface area (Å²) >= 11 is 6.10. The molecule has 9 nitrogen and oxygen atoms in total. The molecule has 52 heavy (non-hydrogen) atoms. The third kappa shape index (κ3) is 7.98. The van der Waals surface area contributed by atoms with Crippen LogP contribution in [0.5, 0.6) is 5.75 Å². The molecule has 2 aromatic heterocycles. The number of ether oxygens (including phenoxy) is 1. The van der Waals surface area contributed by atoms with Gasteiger partial charge in [0.1, 0.15) is 29.4 Å². The average Bonchev–Trinajstić information content (AvgIpc) is 3.58. The summed E-state index contributed by atoms with van der Waals surface area (Å²) in [5.74, 6) is -1.32. The summed E-state index contributed by atoms with van der Waals surface area (Å²) in [4.78, 5) is 34.4. The van der Waals surface area contributed by atoms with Crippen molar-refractivity contribution in [3.05, 3.63) is 147 Å². The second-order valence-corrected chi connectivity index (χ2v) is 13.3. The number of aromatic nitrogens is 2. The van der Waals surface area contributed by atoms with E-state index in [-0.39, 0.29) is 29.7 Å². The smallest absolute Gasteiger partial charge is 0.354 e. The molecule has 1 aliphatic carbocycles. The van der Waals surface area contributed by atoms with Crippen LogP contribution < -0.4 is 4.74 Å². The van der Waals surface area contributed by atoms with Crippen LogP contribution in [0, 0.1) is 5.82 Å². The highest BCUT2D eigenvalue weighted by Gasteiger charge is 2.28. The van der Waals surface area contributed by atoms with Gasteiger partial charge in [-0.15, -0.1) is 0 Å². The number of aryl methyl sites for hydroxylation is 1. The molecule has 0 bridgehead atoms. The molecule has 6 aromatic rings. The number of carboxylic acid groups (broad SMARTS) is 2. The Labute approximate surface area is 304 Å². The molecule has 0 amide bonds. The fraction of sp³-hybridized carbons (Fsp3) is 0.220. The number of hydrogen-bond acceptors (Lipinski definition) is 7. The first-order valence-corrected chi connectivity index (χ1v) is 17.4. The molecule has 4 aromatic carbocycles. The minimum absolute atomic E-state index is 0.0212. The lowest BCUT2D eigenvalue weighted by molar-refractivity contribution is 0.0682. The van der Waals surface area contributed by atoms with E-state index < -0.39 is 11.9 Å². The number of rotatable bonds is 13. The number of fused-ring (bicyclic) bond motifs is 2. The number of pyridine rings is 1. The molecule has 11 heteroatoms. The molecule has 2 heterocycles. The van der Waals surface area contributed by atoms with Crippen molar-refractivity contribution >= 4 is 34.6 Å². The van der Waals surface area contributed by atoms with Crippen molar-refractivity contribution in [2.45, 2.75) is 44.8 Å². The number of nitrogens with zero attached hydrogens (tertiary/aromatic N) is 3. The zero-order chi connectivity index (χ0) is 36.2. The van der Waals surface area contributed by atoms with Crippen molar-refractivity contribution in [2.24, 2.45) is 0 Å². The molecular formula is C41H35ClFN3O6. The first-order valence-electron chi connectivity index (χ1n) is 17.1. The fourth-order valence-electron chi connectivity index (χ4n) is 6.72. The van der Waals surface area contributed by atoms with E-state index in [9.17, 15) is 24.2 Å². The number of aromatic carboxylic acids is 2. The van der Waals surface area contributed by atoms with Gasteiger partial charge in [0.05, 0.1) is 5.56 Å². The van der Waals surface area contributed by atoms with E-state index in [1.54, 1.807) is 42.5 Å². The topological polar surface area (TPSA) is 126 Å². The summed E-state index contributed by atoms with van der Waals surface area (Å²) in [6.45, 7) is 1.48. The molecule has 1 atom stereocenters. The zero-order valence-electron chi connectivity index (χ0n) is 28.1. The molecule has 0 saturated carbocycles. The van der Waals surface area contributed by atoms with E-state index in [1.807, 2.05) is 42.5 Å². The van der Waals surface area contributed by atoms with Gasteiger partial charge in [-0.3, -0.25) is 4.90 Å². The summed E-state index contributed by atoms with van der Waals surface area (Å²) in [5.41, 5.74) is 6.83. The quantitative estimate of drug-likeness (QED) is 0.120. The Morgan fingerprint density at radius 2 is 1.63 bits per heavy atom. The summed E-state index contributed by atoms with van der Waals surface area (Å²) < 4.78 is 26.8. The van der Waals surface area contributed by atoms with Gasteiger partial charge < -0.3 is 19.4 Å². The SMILES string of the molecule is O=C(O)c1ccc(CCN(CCc2cc(F)ccc2OCc2ccc(-c3nc4cc(Cl)ccc4o3)cc2)C2CCCc3nc(C(=O)O)ccc32)cc1. The van der Waals surface area contributed by atoms with Gasteiger partial charge in [0.25, 0.3) is 0 Å². The van der Waals surface area contributed by atoms with E-state index in [0.717, 1.165) is 46.4 Å². The van der Waals surface area contributed by atoms with Gasteiger partial charge in [0, 0.05) is 35.4 Å². The van der Waals surface area contributed by atoms with Gasteiger partial charge in [0.2, 0.25) is 5.89 Å². The lowest BCUT2D eigenvalue weighted by Gasteiger charge is -2.36. The minimum Gasteiger partial charge on any atom is -0.489 e. The second-order valence-electron chi connectivity index (χ2n) is 12.9. The Morgan fingerprint density at radius 3 is 2.40 bits per heavy atom. The van der Waals surface area contributed by atoms with Crippen molar-refractivity contribution in [3.8, 4) is 17.2 Å². The molecule has 1 aliphatic rings. The van der Waals surface area contributed by atoms with E-state index >= 15 is 0 Å². The van der Waals surface area contributed by atoms with Gasteiger partial charge in [-0.25, -0.2) is 23.9 Å². The Bertz CT molecular complexity index is 2240. The van der Waals surface area contributed by atoms with Crippen molar-refractivity contribution in [2.75, 3.05) is 13.1 Å². The maximum atomic E-state index is 14.7. The van der Waals surface area contributed by atoms with E-state index in [0.29, 0.717) is 60.1 Å². The van der Waals surface area contributed by atoms with Crippen LogP contribution in [0.15, 0.2) is 101 Å². The Balaban J connectivity index is 1.07. The first-order chi connectivity index (χ1) is 25.2. The van der Waals surface area contributed by atoms with Gasteiger partial charge in [-0.1, -0.05) is 41.9 Å². The maximum Gasteiger partial charge on any atom is 0.354 e. The predicted molar refractivity (Wildman–Crippen MR) is 194 cm³/mol. The molecule has 0 spiro atoms. The first kappa shape index (κ1) is 34.9. The van der Waals surface area contributed by atoms with Crippen LogP contribution in [0.3, 0.4) is 0 Å². The maximum absolute atomic E-state index is 14.7. The highest BCUT2D eigenvalue weighted by Crippen LogP contribution is 2.35. The van der Waals surface area contributed by atoms with Crippen LogP contribution >= 0.6 is 11.6 Å². The van der Waals surface area contributed by atoms with Gasteiger partial charge in [-0.05, 0) is 121 Å². The third-order valence-electron chi connectivity index (χ3n) is 9.44. The molecule has 0 aliphatic heterocycles. The normalized spacial score (nSPS) is 14.0. The number of oxazole rings is 1. The van der Waals surface area contributed by atoms with Crippen LogP contribution in [0.2, 0.25) is 5.02 Å². The van der Waals surface area contributed by atoms with Crippen molar-refractivity contribution < 1.29 is 33.3 Å². The van der Waals surface area contributed by atoms with Crippen LogP contribution in [0.4, 0.5) is 4.39 Å². The molecule has 0 saturated heterocycles. The van der Waals surface area contributed by atoms with Crippen molar-refractivity contribution in [1.82, 2.24) is 14.9 Å².